The third kappa shape index (κ3) is 2.04. The largest absolute Gasteiger partial charge is 0.447 e. The van der Waals surface area contributed by atoms with Crippen molar-refractivity contribution in [3.63, 3.8) is 0 Å². The zero-order valence-corrected chi connectivity index (χ0v) is 12.8. The Bertz CT molecular complexity index is 753. The second-order valence-electron chi connectivity index (χ2n) is 5.27. The van der Waals surface area contributed by atoms with Crippen LogP contribution in [0.15, 0.2) is 60.0 Å². The van der Waals surface area contributed by atoms with E-state index in [-0.39, 0.29) is 0 Å². The molecule has 0 aliphatic carbocycles. The molecule has 1 aromatic heterocycles. The molecular formula is C18H12O4S. The molecule has 0 N–H and O–H groups in total. The van der Waals surface area contributed by atoms with Gasteiger partial charge in [-0.25, -0.2) is 0 Å². The summed E-state index contributed by atoms with van der Waals surface area (Å²) in [4.78, 5) is 0.957. The molecule has 0 unspecified atom stereocenters. The van der Waals surface area contributed by atoms with Crippen LogP contribution in [0.1, 0.15) is 23.0 Å². The van der Waals surface area contributed by atoms with Gasteiger partial charge in [-0.3, -0.25) is 0 Å². The Morgan fingerprint density at radius 1 is 0.609 bits per heavy atom. The molecule has 3 heterocycles. The van der Waals surface area contributed by atoms with Gasteiger partial charge in [0.05, 0.1) is 10.4 Å². The van der Waals surface area contributed by atoms with Crippen LogP contribution in [-0.4, -0.2) is 0 Å². The van der Waals surface area contributed by atoms with Crippen LogP contribution in [0, 0.1) is 0 Å². The number of hydrogen-bond acceptors (Lipinski definition) is 5. The van der Waals surface area contributed by atoms with Crippen LogP contribution >= 0.6 is 11.3 Å². The number of para-hydroxylation sites is 4. The highest BCUT2D eigenvalue weighted by Crippen LogP contribution is 2.46. The third-order valence-corrected chi connectivity index (χ3v) is 4.78. The van der Waals surface area contributed by atoms with Gasteiger partial charge >= 0.3 is 0 Å². The fourth-order valence-electron chi connectivity index (χ4n) is 2.75. The van der Waals surface area contributed by atoms with Crippen LogP contribution < -0.4 is 18.9 Å². The van der Waals surface area contributed by atoms with Crippen LogP contribution in [-0.2, 0) is 0 Å². The summed E-state index contributed by atoms with van der Waals surface area (Å²) >= 11 is 1.57. The van der Waals surface area contributed by atoms with Crippen molar-refractivity contribution in [2.24, 2.45) is 0 Å². The summed E-state index contributed by atoms with van der Waals surface area (Å²) in [7, 11) is 0. The number of ether oxygens (including phenoxy) is 4. The van der Waals surface area contributed by atoms with E-state index in [2.05, 4.69) is 0 Å². The Kier molecular flexibility index (Phi) is 2.75. The Morgan fingerprint density at radius 2 is 1.09 bits per heavy atom. The van der Waals surface area contributed by atoms with Gasteiger partial charge in [-0.2, -0.15) is 0 Å². The Labute approximate surface area is 136 Å². The van der Waals surface area contributed by atoms with Crippen LogP contribution in [0.3, 0.4) is 0 Å². The molecule has 0 spiro atoms. The van der Waals surface area contributed by atoms with E-state index in [0.717, 1.165) is 33.4 Å². The molecule has 5 heteroatoms. The summed E-state index contributed by atoms with van der Waals surface area (Å²) in [6, 6.07) is 17.3. The first-order valence-electron chi connectivity index (χ1n) is 7.30. The molecule has 3 aromatic rings. The summed E-state index contributed by atoms with van der Waals surface area (Å²) in [5.41, 5.74) is 0.934. The van der Waals surface area contributed by atoms with Crippen LogP contribution in [0.25, 0.3) is 0 Å². The minimum atomic E-state index is -0.468. The number of hydrogen-bond donors (Lipinski definition) is 0. The molecule has 0 atom stereocenters. The van der Waals surface area contributed by atoms with Crippen molar-refractivity contribution in [2.45, 2.75) is 12.6 Å². The summed E-state index contributed by atoms with van der Waals surface area (Å²) in [6.45, 7) is 0. The fraction of sp³-hybridized carbons (Fsp3) is 0.111. The molecule has 2 aromatic carbocycles. The maximum Gasteiger partial charge on any atom is 0.277 e. The summed E-state index contributed by atoms with van der Waals surface area (Å²) < 4.78 is 23.6. The number of rotatable bonds is 2. The minimum absolute atomic E-state index is 0.460. The lowest BCUT2D eigenvalue weighted by Crippen LogP contribution is -2.14. The Hall–Kier alpha value is -2.66. The van der Waals surface area contributed by atoms with Crippen molar-refractivity contribution >= 4 is 11.3 Å². The van der Waals surface area contributed by atoms with Gasteiger partial charge in [-0.05, 0) is 35.7 Å². The molecule has 0 saturated heterocycles. The topological polar surface area (TPSA) is 36.9 Å². The Balaban J connectivity index is 1.44. The van der Waals surface area contributed by atoms with Gasteiger partial charge in [-0.1, -0.05) is 24.3 Å². The molecule has 0 bridgehead atoms. The van der Waals surface area contributed by atoms with Gasteiger partial charge in [0.15, 0.2) is 23.0 Å². The normalized spacial score (nSPS) is 16.0. The van der Waals surface area contributed by atoms with E-state index >= 15 is 0 Å². The smallest absolute Gasteiger partial charge is 0.277 e. The molecule has 0 amide bonds. The van der Waals surface area contributed by atoms with Crippen molar-refractivity contribution in [1.82, 2.24) is 0 Å². The standard InChI is InChI=1S/C18H12O4S/c1-2-6-13-12(5-1)19-17(20-13)11-9-10-23-16(11)18-21-14-7-3-4-8-15(14)22-18/h1-10,17-18H. The maximum atomic E-state index is 5.91. The van der Waals surface area contributed by atoms with Crippen molar-refractivity contribution in [3.05, 3.63) is 70.4 Å². The predicted molar refractivity (Wildman–Crippen MR) is 85.2 cm³/mol. The molecular weight excluding hydrogens is 312 g/mol. The molecule has 4 nitrogen and oxygen atoms in total. The molecule has 0 saturated carbocycles. The van der Waals surface area contributed by atoms with E-state index in [1.165, 1.54) is 0 Å². The monoisotopic (exact) mass is 324 g/mol. The van der Waals surface area contributed by atoms with E-state index in [9.17, 15) is 0 Å². The average Bonchev–Trinajstić information content (AvgIpc) is 3.30. The number of benzene rings is 2. The van der Waals surface area contributed by atoms with Crippen molar-refractivity contribution in [2.75, 3.05) is 0 Å². The van der Waals surface area contributed by atoms with Gasteiger partial charge in [-0.15, -0.1) is 11.3 Å². The second kappa shape index (κ2) is 4.93. The van der Waals surface area contributed by atoms with E-state index in [4.69, 9.17) is 18.9 Å². The van der Waals surface area contributed by atoms with E-state index < -0.39 is 12.6 Å². The molecule has 114 valence electrons. The van der Waals surface area contributed by atoms with Gasteiger partial charge < -0.3 is 18.9 Å². The highest BCUT2D eigenvalue weighted by Gasteiger charge is 2.34. The lowest BCUT2D eigenvalue weighted by molar-refractivity contribution is 0.0291. The van der Waals surface area contributed by atoms with E-state index in [1.807, 2.05) is 60.0 Å². The lowest BCUT2D eigenvalue weighted by atomic mass is 10.2. The predicted octanol–water partition coefficient (Wildman–Crippen LogP) is 4.69. The second-order valence-corrected chi connectivity index (χ2v) is 6.22. The molecule has 5 rings (SSSR count). The van der Waals surface area contributed by atoms with Gasteiger partial charge in [0.25, 0.3) is 12.6 Å². The molecule has 23 heavy (non-hydrogen) atoms. The Morgan fingerprint density at radius 3 is 1.61 bits per heavy atom. The van der Waals surface area contributed by atoms with E-state index in [1.54, 1.807) is 11.3 Å². The first-order valence-corrected chi connectivity index (χ1v) is 8.18. The third-order valence-electron chi connectivity index (χ3n) is 3.83. The minimum Gasteiger partial charge on any atom is -0.447 e. The summed E-state index contributed by atoms with van der Waals surface area (Å²) in [5.74, 6) is 3.03. The van der Waals surface area contributed by atoms with Crippen molar-refractivity contribution < 1.29 is 18.9 Å². The molecule has 2 aliphatic rings. The van der Waals surface area contributed by atoms with Gasteiger partial charge in [0, 0.05) is 0 Å². The summed E-state index contributed by atoms with van der Waals surface area (Å²) in [6.07, 6.45) is -0.928. The van der Waals surface area contributed by atoms with Crippen LogP contribution in [0.4, 0.5) is 0 Å². The van der Waals surface area contributed by atoms with Crippen molar-refractivity contribution in [3.8, 4) is 23.0 Å². The average molecular weight is 324 g/mol. The van der Waals surface area contributed by atoms with E-state index in [0.29, 0.717) is 0 Å². The van der Waals surface area contributed by atoms with Crippen molar-refractivity contribution in [1.29, 1.82) is 0 Å². The highest BCUT2D eigenvalue weighted by atomic mass is 32.1. The van der Waals surface area contributed by atoms with Gasteiger partial charge in [0.2, 0.25) is 0 Å². The fourth-order valence-corrected chi connectivity index (χ4v) is 3.62. The number of fused-ring (bicyclic) bond motifs is 2. The quantitative estimate of drug-likeness (QED) is 0.685. The first-order chi connectivity index (χ1) is 11.4. The SMILES string of the molecule is c1ccc2c(c1)OC(c1ccsc1C1Oc3ccccc3O1)O2. The number of thiophene rings is 1. The molecule has 0 fully saturated rings. The zero-order valence-electron chi connectivity index (χ0n) is 12.0. The highest BCUT2D eigenvalue weighted by molar-refractivity contribution is 7.10. The maximum absolute atomic E-state index is 5.91. The molecule has 2 aliphatic heterocycles. The van der Waals surface area contributed by atoms with Gasteiger partial charge in [0.1, 0.15) is 0 Å². The lowest BCUT2D eigenvalue weighted by Gasteiger charge is -2.14. The molecule has 0 radical (unpaired) electrons. The van der Waals surface area contributed by atoms with Crippen LogP contribution in [0.5, 0.6) is 23.0 Å². The first kappa shape index (κ1) is 12.8. The summed E-state index contributed by atoms with van der Waals surface area (Å²) in [5, 5.41) is 2.00. The zero-order chi connectivity index (χ0) is 15.2. The van der Waals surface area contributed by atoms with Crippen LogP contribution in [0.2, 0.25) is 0 Å².